The second-order valence-electron chi connectivity index (χ2n) is 4.11. The molecule has 0 aliphatic heterocycles. The molecule has 0 bridgehead atoms. The topological polar surface area (TPSA) is 30.5 Å². The quantitative estimate of drug-likeness (QED) is 0.851. The third kappa shape index (κ3) is 3.32. The lowest BCUT2D eigenvalue weighted by Gasteiger charge is -2.18. The molecular weight excluding hydrogens is 240 g/mol. The van der Waals surface area contributed by atoms with Crippen LogP contribution in [0.25, 0.3) is 0 Å². The van der Waals surface area contributed by atoms with Crippen molar-refractivity contribution in [2.24, 2.45) is 0 Å². The molecule has 0 aliphatic rings. The number of hydrogen-bond donors (Lipinski definition) is 1. The van der Waals surface area contributed by atoms with E-state index in [4.69, 9.17) is 9.47 Å². The molecule has 18 heavy (non-hydrogen) atoms. The minimum atomic E-state index is -2.89. The van der Waals surface area contributed by atoms with Gasteiger partial charge in [-0.15, -0.1) is 0 Å². The van der Waals surface area contributed by atoms with Crippen molar-refractivity contribution >= 4 is 0 Å². The second-order valence-corrected chi connectivity index (χ2v) is 4.11. The average molecular weight is 259 g/mol. The number of hydrogen-bond acceptors (Lipinski definition) is 3. The third-order valence-corrected chi connectivity index (χ3v) is 2.71. The lowest BCUT2D eigenvalue weighted by atomic mass is 10.0. The standard InChI is InChI=1S/C13H19F2NO2/c1-13(14,15)10-7-9(5-6-16-2)12(18-4)11(8-10)17-3/h7-8,16H,5-6H2,1-4H3. The van der Waals surface area contributed by atoms with E-state index in [1.807, 2.05) is 7.05 Å². The first-order chi connectivity index (χ1) is 8.43. The van der Waals surface area contributed by atoms with Crippen LogP contribution in [0, 0.1) is 0 Å². The van der Waals surface area contributed by atoms with Crippen molar-refractivity contribution in [3.63, 3.8) is 0 Å². The Morgan fingerprint density at radius 3 is 2.33 bits per heavy atom. The Morgan fingerprint density at radius 2 is 1.89 bits per heavy atom. The Balaban J connectivity index is 3.26. The predicted molar refractivity (Wildman–Crippen MR) is 66.7 cm³/mol. The Bertz CT molecular complexity index is 403. The number of halogens is 2. The summed E-state index contributed by atoms with van der Waals surface area (Å²) >= 11 is 0. The largest absolute Gasteiger partial charge is 0.493 e. The van der Waals surface area contributed by atoms with Crippen LogP contribution in [0.3, 0.4) is 0 Å². The third-order valence-electron chi connectivity index (χ3n) is 2.71. The van der Waals surface area contributed by atoms with E-state index in [0.717, 1.165) is 6.92 Å². The maximum absolute atomic E-state index is 13.4. The van der Waals surface area contributed by atoms with Crippen LogP contribution >= 0.6 is 0 Å². The molecule has 0 aliphatic carbocycles. The molecule has 0 heterocycles. The highest BCUT2D eigenvalue weighted by Crippen LogP contribution is 2.38. The van der Waals surface area contributed by atoms with Gasteiger partial charge in [-0.3, -0.25) is 0 Å². The van der Waals surface area contributed by atoms with Crippen molar-refractivity contribution in [1.29, 1.82) is 0 Å². The number of nitrogens with one attached hydrogen (secondary N) is 1. The van der Waals surface area contributed by atoms with Crippen LogP contribution in [0.5, 0.6) is 11.5 Å². The lowest BCUT2D eigenvalue weighted by Crippen LogP contribution is -2.13. The molecular formula is C13H19F2NO2. The van der Waals surface area contributed by atoms with Gasteiger partial charge < -0.3 is 14.8 Å². The molecule has 1 aromatic carbocycles. The smallest absolute Gasteiger partial charge is 0.270 e. The summed E-state index contributed by atoms with van der Waals surface area (Å²) in [6.45, 7) is 1.55. The van der Waals surface area contributed by atoms with E-state index in [9.17, 15) is 8.78 Å². The van der Waals surface area contributed by atoms with Gasteiger partial charge in [-0.25, -0.2) is 8.78 Å². The predicted octanol–water partition coefficient (Wildman–Crippen LogP) is 2.58. The zero-order chi connectivity index (χ0) is 13.8. The Morgan fingerprint density at radius 1 is 1.22 bits per heavy atom. The fourth-order valence-electron chi connectivity index (χ4n) is 1.74. The normalized spacial score (nSPS) is 11.4. The zero-order valence-corrected chi connectivity index (χ0v) is 11.1. The van der Waals surface area contributed by atoms with Crippen molar-refractivity contribution in [2.75, 3.05) is 27.8 Å². The van der Waals surface area contributed by atoms with E-state index in [0.29, 0.717) is 30.0 Å². The van der Waals surface area contributed by atoms with Gasteiger partial charge in [0.15, 0.2) is 11.5 Å². The first-order valence-electron chi connectivity index (χ1n) is 5.71. The van der Waals surface area contributed by atoms with E-state index >= 15 is 0 Å². The van der Waals surface area contributed by atoms with Crippen LogP contribution in [0.15, 0.2) is 12.1 Å². The van der Waals surface area contributed by atoms with Crippen molar-refractivity contribution < 1.29 is 18.3 Å². The molecule has 0 fully saturated rings. The first-order valence-corrected chi connectivity index (χ1v) is 5.71. The molecule has 0 radical (unpaired) electrons. The van der Waals surface area contributed by atoms with Gasteiger partial charge in [-0.1, -0.05) is 0 Å². The number of likely N-dealkylation sites (N-methyl/N-ethyl adjacent to an activating group) is 1. The van der Waals surface area contributed by atoms with E-state index < -0.39 is 5.92 Å². The molecule has 102 valence electrons. The monoisotopic (exact) mass is 259 g/mol. The fraction of sp³-hybridized carbons (Fsp3) is 0.538. The van der Waals surface area contributed by atoms with Gasteiger partial charge in [0.05, 0.1) is 14.2 Å². The highest BCUT2D eigenvalue weighted by atomic mass is 19.3. The molecule has 3 nitrogen and oxygen atoms in total. The van der Waals surface area contributed by atoms with E-state index in [1.165, 1.54) is 26.4 Å². The van der Waals surface area contributed by atoms with Crippen LogP contribution in [-0.4, -0.2) is 27.8 Å². The van der Waals surface area contributed by atoms with Crippen LogP contribution in [0.4, 0.5) is 8.78 Å². The SMILES string of the molecule is CNCCc1cc(C(C)(F)F)cc(OC)c1OC. The van der Waals surface area contributed by atoms with Gasteiger partial charge in [0.1, 0.15) is 0 Å². The number of benzene rings is 1. The Kier molecular flexibility index (Phi) is 4.90. The second kappa shape index (κ2) is 6.00. The fourth-order valence-corrected chi connectivity index (χ4v) is 1.74. The van der Waals surface area contributed by atoms with Gasteiger partial charge in [0.25, 0.3) is 5.92 Å². The zero-order valence-electron chi connectivity index (χ0n) is 11.1. The van der Waals surface area contributed by atoms with Crippen LogP contribution in [0.2, 0.25) is 0 Å². The van der Waals surface area contributed by atoms with Gasteiger partial charge in [0, 0.05) is 12.5 Å². The summed E-state index contributed by atoms with van der Waals surface area (Å²) in [5.74, 6) is -2.04. The number of methoxy groups -OCH3 is 2. The number of rotatable bonds is 6. The average Bonchev–Trinajstić information content (AvgIpc) is 2.33. The molecule has 0 saturated carbocycles. The summed E-state index contributed by atoms with van der Waals surface area (Å²) in [6.07, 6.45) is 0.597. The maximum atomic E-state index is 13.4. The van der Waals surface area contributed by atoms with Crippen molar-refractivity contribution in [3.8, 4) is 11.5 Å². The first kappa shape index (κ1) is 14.7. The van der Waals surface area contributed by atoms with E-state index in [2.05, 4.69) is 5.32 Å². The summed E-state index contributed by atoms with van der Waals surface area (Å²) < 4.78 is 37.1. The Hall–Kier alpha value is -1.36. The lowest BCUT2D eigenvalue weighted by molar-refractivity contribution is 0.0171. The van der Waals surface area contributed by atoms with Crippen molar-refractivity contribution in [3.05, 3.63) is 23.3 Å². The molecule has 1 aromatic rings. The maximum Gasteiger partial charge on any atom is 0.270 e. The van der Waals surface area contributed by atoms with Gasteiger partial charge in [-0.05, 0) is 37.7 Å². The van der Waals surface area contributed by atoms with E-state index in [-0.39, 0.29) is 5.56 Å². The Labute approximate surface area is 106 Å². The minimum absolute atomic E-state index is 0.0637. The molecule has 0 spiro atoms. The molecule has 0 unspecified atom stereocenters. The van der Waals surface area contributed by atoms with Gasteiger partial charge in [-0.2, -0.15) is 0 Å². The summed E-state index contributed by atoms with van der Waals surface area (Å²) in [6, 6.07) is 2.79. The molecule has 0 amide bonds. The molecule has 0 atom stereocenters. The van der Waals surface area contributed by atoms with Crippen LogP contribution in [0.1, 0.15) is 18.1 Å². The molecule has 0 aromatic heterocycles. The summed E-state index contributed by atoms with van der Waals surface area (Å²) in [4.78, 5) is 0. The molecule has 5 heteroatoms. The van der Waals surface area contributed by atoms with E-state index in [1.54, 1.807) is 0 Å². The minimum Gasteiger partial charge on any atom is -0.493 e. The molecule has 1 rings (SSSR count). The van der Waals surface area contributed by atoms with Crippen LogP contribution < -0.4 is 14.8 Å². The summed E-state index contributed by atoms with van der Waals surface area (Å²) in [7, 11) is 4.75. The number of ether oxygens (including phenoxy) is 2. The van der Waals surface area contributed by atoms with Crippen molar-refractivity contribution in [2.45, 2.75) is 19.3 Å². The summed E-state index contributed by atoms with van der Waals surface area (Å²) in [5.41, 5.74) is 0.647. The molecule has 1 N–H and O–H groups in total. The number of alkyl halides is 2. The van der Waals surface area contributed by atoms with Gasteiger partial charge >= 0.3 is 0 Å². The van der Waals surface area contributed by atoms with Crippen molar-refractivity contribution in [1.82, 2.24) is 5.32 Å². The van der Waals surface area contributed by atoms with Gasteiger partial charge in [0.2, 0.25) is 0 Å². The summed E-state index contributed by atoms with van der Waals surface area (Å²) in [5, 5.41) is 2.98. The highest BCUT2D eigenvalue weighted by Gasteiger charge is 2.27. The van der Waals surface area contributed by atoms with Crippen LogP contribution in [-0.2, 0) is 12.3 Å². The molecule has 0 saturated heterocycles. The highest BCUT2D eigenvalue weighted by molar-refractivity contribution is 5.50.